The van der Waals surface area contributed by atoms with Crippen LogP contribution in [0.1, 0.15) is 46.5 Å². The normalized spacial score (nSPS) is 18.9. The first-order valence-corrected chi connectivity index (χ1v) is 7.63. The molecule has 0 radical (unpaired) electrons. The summed E-state index contributed by atoms with van der Waals surface area (Å²) in [4.78, 5) is 26.6. The fourth-order valence-corrected chi connectivity index (χ4v) is 3.15. The minimum Gasteiger partial charge on any atom is -0.464 e. The molecule has 0 aliphatic carbocycles. The number of hydrogen-bond donors (Lipinski definition) is 1. The van der Waals surface area contributed by atoms with E-state index in [-0.39, 0.29) is 16.9 Å². The largest absolute Gasteiger partial charge is 0.464 e. The topological polar surface area (TPSA) is 72.6 Å². The van der Waals surface area contributed by atoms with Gasteiger partial charge in [0, 0.05) is 6.54 Å². The number of ether oxygens (including phenoxy) is 1. The zero-order valence-corrected chi connectivity index (χ0v) is 13.3. The molecule has 0 spiro atoms. The quantitative estimate of drug-likeness (QED) is 0.596. The Kier molecular flexibility index (Phi) is 5.92. The first kappa shape index (κ1) is 16.9. The van der Waals surface area contributed by atoms with Crippen LogP contribution in [0.3, 0.4) is 0 Å². The summed E-state index contributed by atoms with van der Waals surface area (Å²) in [5, 5.41) is 0. The van der Waals surface area contributed by atoms with Crippen molar-refractivity contribution in [3.05, 3.63) is 0 Å². The van der Waals surface area contributed by atoms with E-state index in [1.165, 1.54) is 0 Å². The minimum absolute atomic E-state index is 0.134. The van der Waals surface area contributed by atoms with Crippen molar-refractivity contribution in [1.29, 1.82) is 0 Å². The number of thiocarbonyl (C=S) groups is 1. The van der Waals surface area contributed by atoms with Crippen molar-refractivity contribution in [3.63, 3.8) is 0 Å². The molecule has 0 bridgehead atoms. The number of carbonyl (C=O) groups excluding carboxylic acids is 2. The number of nitrogens with zero attached hydrogens (tertiary/aromatic N) is 1. The molecule has 0 saturated carbocycles. The van der Waals surface area contributed by atoms with Crippen LogP contribution in [-0.4, -0.2) is 41.0 Å². The van der Waals surface area contributed by atoms with E-state index in [0.29, 0.717) is 32.4 Å². The van der Waals surface area contributed by atoms with E-state index in [0.717, 1.165) is 6.42 Å². The van der Waals surface area contributed by atoms with Gasteiger partial charge in [-0.15, -0.1) is 0 Å². The van der Waals surface area contributed by atoms with Gasteiger partial charge in [0.15, 0.2) is 0 Å². The third-order valence-corrected chi connectivity index (χ3v) is 4.55. The lowest BCUT2D eigenvalue weighted by atomic mass is 9.80. The summed E-state index contributed by atoms with van der Waals surface area (Å²) in [6.45, 7) is 6.44. The number of nitrogens with two attached hydrogens (primary N) is 1. The zero-order valence-electron chi connectivity index (χ0n) is 12.5. The molecule has 2 N–H and O–H groups in total. The second-order valence-electron chi connectivity index (χ2n) is 5.06. The van der Waals surface area contributed by atoms with Gasteiger partial charge < -0.3 is 15.4 Å². The van der Waals surface area contributed by atoms with Crippen molar-refractivity contribution in [1.82, 2.24) is 4.90 Å². The van der Waals surface area contributed by atoms with Crippen LogP contribution < -0.4 is 5.73 Å². The molecule has 0 aromatic rings. The van der Waals surface area contributed by atoms with Crippen LogP contribution in [-0.2, 0) is 14.3 Å². The predicted molar refractivity (Wildman–Crippen MR) is 81.2 cm³/mol. The van der Waals surface area contributed by atoms with Crippen LogP contribution in [0.2, 0.25) is 0 Å². The molecular formula is C14H24N2O3S. The second kappa shape index (κ2) is 7.02. The first-order valence-electron chi connectivity index (χ1n) is 7.22. The Morgan fingerprint density at radius 3 is 2.40 bits per heavy atom. The minimum atomic E-state index is -0.843. The molecule has 1 fully saturated rings. The summed E-state index contributed by atoms with van der Waals surface area (Å²) in [7, 11) is 0. The van der Waals surface area contributed by atoms with E-state index >= 15 is 0 Å². The third kappa shape index (κ3) is 2.95. The van der Waals surface area contributed by atoms with Crippen LogP contribution >= 0.6 is 12.2 Å². The van der Waals surface area contributed by atoms with Gasteiger partial charge >= 0.3 is 5.97 Å². The van der Waals surface area contributed by atoms with Crippen molar-refractivity contribution < 1.29 is 14.3 Å². The Hall–Kier alpha value is -1.17. The standard InChI is InChI=1S/C14H24N2O3S/c1-4-14(5-2,12(15)20)13(18)16-9-7-8-10(16)11(17)19-6-3/h10H,4-9H2,1-3H3,(H2,15,20). The maximum absolute atomic E-state index is 12.8. The monoisotopic (exact) mass is 300 g/mol. The van der Waals surface area contributed by atoms with Crippen LogP contribution in [0, 0.1) is 5.41 Å². The summed E-state index contributed by atoms with van der Waals surface area (Å²) in [5.74, 6) is -0.465. The van der Waals surface area contributed by atoms with Crippen LogP contribution in [0.15, 0.2) is 0 Å². The Morgan fingerprint density at radius 2 is 1.95 bits per heavy atom. The Morgan fingerprint density at radius 1 is 1.35 bits per heavy atom. The molecule has 1 unspecified atom stereocenters. The molecule has 1 saturated heterocycles. The SMILES string of the molecule is CCOC(=O)C1CCCN1C(=O)C(CC)(CC)C(N)=S. The lowest BCUT2D eigenvalue weighted by Crippen LogP contribution is -2.53. The fraction of sp³-hybridized carbons (Fsp3) is 0.786. The van der Waals surface area contributed by atoms with Crippen LogP contribution in [0.4, 0.5) is 0 Å². The number of carbonyl (C=O) groups is 2. The van der Waals surface area contributed by atoms with Gasteiger partial charge in [0.05, 0.1) is 17.0 Å². The number of likely N-dealkylation sites (tertiary alicyclic amines) is 1. The van der Waals surface area contributed by atoms with Gasteiger partial charge in [-0.1, -0.05) is 26.1 Å². The highest BCUT2D eigenvalue weighted by Gasteiger charge is 2.46. The van der Waals surface area contributed by atoms with Crippen LogP contribution in [0.5, 0.6) is 0 Å². The number of rotatable bonds is 6. The molecule has 0 aromatic heterocycles. The molecule has 1 aliphatic heterocycles. The highest BCUT2D eigenvalue weighted by molar-refractivity contribution is 7.80. The van der Waals surface area contributed by atoms with Gasteiger partial charge in [0.1, 0.15) is 6.04 Å². The number of amides is 1. The number of esters is 1. The molecule has 6 heteroatoms. The summed E-state index contributed by atoms with van der Waals surface area (Å²) < 4.78 is 5.05. The van der Waals surface area contributed by atoms with Gasteiger partial charge in [-0.05, 0) is 32.6 Å². The summed E-state index contributed by atoms with van der Waals surface area (Å²) in [6, 6.07) is -0.491. The molecule has 1 aliphatic rings. The Balaban J connectivity index is 2.99. The van der Waals surface area contributed by atoms with Crippen molar-refractivity contribution in [2.45, 2.75) is 52.5 Å². The predicted octanol–water partition coefficient (Wildman–Crippen LogP) is 1.63. The summed E-state index contributed by atoms with van der Waals surface area (Å²) in [6.07, 6.45) is 2.54. The molecule has 20 heavy (non-hydrogen) atoms. The van der Waals surface area contributed by atoms with E-state index in [2.05, 4.69) is 0 Å². The van der Waals surface area contributed by atoms with E-state index in [4.69, 9.17) is 22.7 Å². The van der Waals surface area contributed by atoms with E-state index in [1.54, 1.807) is 11.8 Å². The van der Waals surface area contributed by atoms with E-state index < -0.39 is 11.5 Å². The second-order valence-corrected chi connectivity index (χ2v) is 5.50. The molecule has 5 nitrogen and oxygen atoms in total. The summed E-state index contributed by atoms with van der Waals surface area (Å²) in [5.41, 5.74) is 4.97. The average Bonchev–Trinajstić information content (AvgIpc) is 2.89. The highest BCUT2D eigenvalue weighted by atomic mass is 32.1. The first-order chi connectivity index (χ1) is 9.44. The fourth-order valence-electron chi connectivity index (χ4n) is 2.77. The average molecular weight is 300 g/mol. The Bertz CT molecular complexity index is 394. The highest BCUT2D eigenvalue weighted by Crippen LogP contribution is 2.33. The van der Waals surface area contributed by atoms with Gasteiger partial charge in [-0.25, -0.2) is 4.79 Å². The lowest BCUT2D eigenvalue weighted by Gasteiger charge is -2.35. The van der Waals surface area contributed by atoms with Crippen LogP contribution in [0.25, 0.3) is 0 Å². The van der Waals surface area contributed by atoms with Crippen molar-refractivity contribution in [2.75, 3.05) is 13.2 Å². The maximum atomic E-state index is 12.8. The summed E-state index contributed by atoms with van der Waals surface area (Å²) >= 11 is 5.11. The molecule has 1 amide bonds. The van der Waals surface area contributed by atoms with Crippen molar-refractivity contribution in [3.8, 4) is 0 Å². The smallest absolute Gasteiger partial charge is 0.328 e. The van der Waals surface area contributed by atoms with Gasteiger partial charge in [0.2, 0.25) is 5.91 Å². The Labute approximate surface area is 125 Å². The molecule has 1 rings (SSSR count). The van der Waals surface area contributed by atoms with Crippen molar-refractivity contribution in [2.24, 2.45) is 11.1 Å². The zero-order chi connectivity index (χ0) is 15.3. The maximum Gasteiger partial charge on any atom is 0.328 e. The van der Waals surface area contributed by atoms with Gasteiger partial charge in [0.25, 0.3) is 0 Å². The lowest BCUT2D eigenvalue weighted by molar-refractivity contribution is -0.155. The number of hydrogen-bond acceptors (Lipinski definition) is 4. The third-order valence-electron chi connectivity index (χ3n) is 4.16. The molecule has 0 aromatic carbocycles. The van der Waals surface area contributed by atoms with Gasteiger partial charge in [-0.3, -0.25) is 4.79 Å². The van der Waals surface area contributed by atoms with Crippen molar-refractivity contribution >= 4 is 29.1 Å². The van der Waals surface area contributed by atoms with E-state index in [1.807, 2.05) is 13.8 Å². The molecular weight excluding hydrogens is 276 g/mol. The van der Waals surface area contributed by atoms with E-state index in [9.17, 15) is 9.59 Å². The van der Waals surface area contributed by atoms with Gasteiger partial charge in [-0.2, -0.15) is 0 Å². The molecule has 114 valence electrons. The molecule has 1 atom stereocenters. The molecule has 1 heterocycles.